The van der Waals surface area contributed by atoms with Gasteiger partial charge in [0.15, 0.2) is 0 Å². The number of fused-ring (bicyclic) bond motifs is 2. The van der Waals surface area contributed by atoms with Gasteiger partial charge in [0.1, 0.15) is 11.5 Å². The lowest BCUT2D eigenvalue weighted by atomic mass is 10.1. The third-order valence-corrected chi connectivity index (χ3v) is 4.14. The fraction of sp³-hybridized carbons (Fsp3) is 0.176. The molecular weight excluding hydrogens is 294 g/mol. The number of nitrogens with zero attached hydrogens (tertiary/aromatic N) is 2. The number of carbonyl (C=O) groups is 1. The van der Waals surface area contributed by atoms with Gasteiger partial charge in [-0.3, -0.25) is 9.55 Å². The van der Waals surface area contributed by atoms with E-state index in [0.717, 1.165) is 28.9 Å². The molecule has 1 aliphatic rings. The summed E-state index contributed by atoms with van der Waals surface area (Å²) >= 11 is 0. The van der Waals surface area contributed by atoms with Crippen molar-refractivity contribution in [3.05, 3.63) is 54.0 Å². The monoisotopic (exact) mass is 309 g/mol. The molecule has 1 unspecified atom stereocenters. The number of aromatic nitrogens is 2. The van der Waals surface area contributed by atoms with Crippen LogP contribution in [0.4, 0.5) is 4.79 Å². The Bertz CT molecular complexity index is 917. The number of pyridine rings is 1. The SMILES string of the molecule is CC1NCc2nccc(Oc3ccc4c(ccn4C(=O)O)c3)c21. The van der Waals surface area contributed by atoms with E-state index in [1.165, 1.54) is 10.8 Å². The van der Waals surface area contributed by atoms with Crippen LogP contribution < -0.4 is 10.1 Å². The van der Waals surface area contributed by atoms with Crippen LogP contribution in [0.25, 0.3) is 10.9 Å². The van der Waals surface area contributed by atoms with Gasteiger partial charge in [-0.05, 0) is 37.3 Å². The second-order valence-electron chi connectivity index (χ2n) is 5.56. The van der Waals surface area contributed by atoms with E-state index < -0.39 is 6.09 Å². The van der Waals surface area contributed by atoms with Crippen molar-refractivity contribution in [3.63, 3.8) is 0 Å². The second-order valence-corrected chi connectivity index (χ2v) is 5.56. The number of nitrogens with one attached hydrogen (secondary N) is 1. The van der Waals surface area contributed by atoms with E-state index in [1.807, 2.05) is 12.1 Å². The van der Waals surface area contributed by atoms with Crippen LogP contribution in [-0.4, -0.2) is 20.8 Å². The number of hydrogen-bond acceptors (Lipinski definition) is 4. The predicted molar refractivity (Wildman–Crippen MR) is 84.9 cm³/mol. The molecule has 3 heterocycles. The van der Waals surface area contributed by atoms with Crippen LogP contribution in [0.2, 0.25) is 0 Å². The minimum absolute atomic E-state index is 0.200. The van der Waals surface area contributed by atoms with Crippen LogP contribution >= 0.6 is 0 Å². The molecule has 0 aliphatic carbocycles. The van der Waals surface area contributed by atoms with E-state index >= 15 is 0 Å². The summed E-state index contributed by atoms with van der Waals surface area (Å²) in [6.07, 6.45) is 2.28. The van der Waals surface area contributed by atoms with E-state index in [-0.39, 0.29) is 6.04 Å². The Balaban J connectivity index is 1.72. The molecule has 6 nitrogen and oxygen atoms in total. The zero-order valence-electron chi connectivity index (χ0n) is 12.5. The number of rotatable bonds is 2. The van der Waals surface area contributed by atoms with Crippen molar-refractivity contribution < 1.29 is 14.6 Å². The van der Waals surface area contributed by atoms with E-state index in [2.05, 4.69) is 17.2 Å². The minimum Gasteiger partial charge on any atom is -0.464 e. The fourth-order valence-corrected chi connectivity index (χ4v) is 3.02. The Hall–Kier alpha value is -2.86. The van der Waals surface area contributed by atoms with Crippen LogP contribution in [0.15, 0.2) is 42.7 Å². The molecule has 0 fully saturated rings. The van der Waals surface area contributed by atoms with Crippen molar-refractivity contribution in [2.45, 2.75) is 19.5 Å². The van der Waals surface area contributed by atoms with Gasteiger partial charge >= 0.3 is 6.09 Å². The average molecular weight is 309 g/mol. The summed E-state index contributed by atoms with van der Waals surface area (Å²) in [5.74, 6) is 1.46. The van der Waals surface area contributed by atoms with Gasteiger partial charge in [0, 0.05) is 35.9 Å². The standard InChI is InChI=1S/C17H15N3O3/c1-10-16-13(9-19-10)18-6-4-15(16)23-12-2-3-14-11(8-12)5-7-20(14)17(21)22/h2-8,10,19H,9H2,1H3,(H,21,22). The van der Waals surface area contributed by atoms with E-state index in [4.69, 9.17) is 9.84 Å². The van der Waals surface area contributed by atoms with Crippen LogP contribution in [-0.2, 0) is 6.54 Å². The lowest BCUT2D eigenvalue weighted by Crippen LogP contribution is -2.07. The molecule has 1 aromatic carbocycles. The fourth-order valence-electron chi connectivity index (χ4n) is 3.02. The quantitative estimate of drug-likeness (QED) is 0.757. The molecule has 0 spiro atoms. The van der Waals surface area contributed by atoms with Crippen molar-refractivity contribution in [3.8, 4) is 11.5 Å². The van der Waals surface area contributed by atoms with Gasteiger partial charge in [-0.2, -0.15) is 0 Å². The maximum Gasteiger partial charge on any atom is 0.415 e. The molecule has 0 bridgehead atoms. The van der Waals surface area contributed by atoms with Gasteiger partial charge in [-0.15, -0.1) is 0 Å². The highest BCUT2D eigenvalue weighted by Gasteiger charge is 2.23. The van der Waals surface area contributed by atoms with Gasteiger partial charge in [0.05, 0.1) is 11.2 Å². The van der Waals surface area contributed by atoms with Crippen LogP contribution in [0.5, 0.6) is 11.5 Å². The molecule has 116 valence electrons. The minimum atomic E-state index is -1.000. The third-order valence-electron chi connectivity index (χ3n) is 4.14. The van der Waals surface area contributed by atoms with Crippen LogP contribution in [0.3, 0.4) is 0 Å². The van der Waals surface area contributed by atoms with Gasteiger partial charge in [0.25, 0.3) is 0 Å². The molecule has 1 atom stereocenters. The third kappa shape index (κ3) is 2.24. The Morgan fingerprint density at radius 2 is 2.26 bits per heavy atom. The van der Waals surface area contributed by atoms with Crippen molar-refractivity contribution in [1.82, 2.24) is 14.9 Å². The first-order valence-electron chi connectivity index (χ1n) is 7.37. The average Bonchev–Trinajstić information content (AvgIpc) is 3.12. The summed E-state index contributed by atoms with van der Waals surface area (Å²) in [5, 5.41) is 13.3. The van der Waals surface area contributed by atoms with Crippen LogP contribution in [0, 0.1) is 0 Å². The molecule has 4 rings (SSSR count). The number of benzene rings is 1. The topological polar surface area (TPSA) is 76.4 Å². The lowest BCUT2D eigenvalue weighted by Gasteiger charge is -2.12. The first-order valence-corrected chi connectivity index (χ1v) is 7.37. The molecule has 23 heavy (non-hydrogen) atoms. The largest absolute Gasteiger partial charge is 0.464 e. The lowest BCUT2D eigenvalue weighted by molar-refractivity contribution is 0.197. The van der Waals surface area contributed by atoms with Gasteiger partial charge in [-0.25, -0.2) is 4.79 Å². The summed E-state index contributed by atoms with van der Waals surface area (Å²) in [7, 11) is 0. The highest BCUT2D eigenvalue weighted by atomic mass is 16.5. The molecule has 0 radical (unpaired) electrons. The van der Waals surface area contributed by atoms with Crippen molar-refractivity contribution in [2.75, 3.05) is 0 Å². The molecule has 2 N–H and O–H groups in total. The van der Waals surface area contributed by atoms with Gasteiger partial charge in [0.2, 0.25) is 0 Å². The summed E-state index contributed by atoms with van der Waals surface area (Å²) < 4.78 is 7.22. The summed E-state index contributed by atoms with van der Waals surface area (Å²) in [4.78, 5) is 15.5. The first kappa shape index (κ1) is 13.8. The Morgan fingerprint density at radius 1 is 1.39 bits per heavy atom. The molecule has 3 aromatic rings. The summed E-state index contributed by atoms with van der Waals surface area (Å²) in [6, 6.07) is 9.19. The molecule has 2 aromatic heterocycles. The first-order chi connectivity index (χ1) is 11.1. The van der Waals surface area contributed by atoms with Gasteiger partial charge in [-0.1, -0.05) is 0 Å². The molecule has 1 aliphatic heterocycles. The Kier molecular flexibility index (Phi) is 3.06. The van der Waals surface area contributed by atoms with E-state index in [9.17, 15) is 4.79 Å². The van der Waals surface area contributed by atoms with Crippen LogP contribution in [0.1, 0.15) is 24.2 Å². The van der Waals surface area contributed by atoms with Crippen molar-refractivity contribution >= 4 is 17.0 Å². The van der Waals surface area contributed by atoms with Crippen molar-refractivity contribution in [1.29, 1.82) is 0 Å². The molecule has 0 saturated carbocycles. The highest BCUT2D eigenvalue weighted by Crippen LogP contribution is 2.35. The number of hydrogen-bond donors (Lipinski definition) is 2. The predicted octanol–water partition coefficient (Wildman–Crippen LogP) is 3.52. The highest BCUT2D eigenvalue weighted by molar-refractivity contribution is 5.89. The second kappa shape index (κ2) is 5.10. The maximum atomic E-state index is 11.1. The summed E-state index contributed by atoms with van der Waals surface area (Å²) in [6.45, 7) is 2.82. The Morgan fingerprint density at radius 3 is 3.09 bits per heavy atom. The molecule has 0 saturated heterocycles. The number of ether oxygens (including phenoxy) is 1. The van der Waals surface area contributed by atoms with E-state index in [1.54, 1.807) is 24.4 Å². The van der Waals surface area contributed by atoms with Crippen molar-refractivity contribution in [2.24, 2.45) is 0 Å². The zero-order valence-corrected chi connectivity index (χ0v) is 12.5. The maximum absolute atomic E-state index is 11.1. The summed E-state index contributed by atoms with van der Waals surface area (Å²) in [5.41, 5.74) is 2.73. The Labute approximate surface area is 132 Å². The normalized spacial score (nSPS) is 16.5. The zero-order chi connectivity index (χ0) is 16.0. The smallest absolute Gasteiger partial charge is 0.415 e. The molecule has 6 heteroatoms. The van der Waals surface area contributed by atoms with Gasteiger partial charge < -0.3 is 15.2 Å². The molecule has 0 amide bonds. The van der Waals surface area contributed by atoms with E-state index in [0.29, 0.717) is 11.3 Å². The number of carboxylic acid groups (broad SMARTS) is 1. The molecular formula is C17H15N3O3.